The first-order valence-electron chi connectivity index (χ1n) is 5.92. The molecule has 2 aromatic carbocycles. The van der Waals surface area contributed by atoms with E-state index < -0.39 is 0 Å². The molecule has 0 spiro atoms. The third kappa shape index (κ3) is 2.16. The number of aromatic hydroxyl groups is 3. The van der Waals surface area contributed by atoms with Gasteiger partial charge in [0.1, 0.15) is 11.4 Å². The Morgan fingerprint density at radius 3 is 2.15 bits per heavy atom. The van der Waals surface area contributed by atoms with Crippen molar-refractivity contribution in [1.29, 1.82) is 0 Å². The number of nitrogens with zero attached hydrogens (tertiary/aromatic N) is 1. The van der Waals surface area contributed by atoms with E-state index in [4.69, 9.17) is 4.52 Å². The summed E-state index contributed by atoms with van der Waals surface area (Å²) in [5.74, 6) is 0.251. The molecule has 1 heterocycles. The lowest BCUT2D eigenvalue weighted by Gasteiger charge is -1.99. The first-order valence-corrected chi connectivity index (χ1v) is 5.92. The molecule has 5 heteroatoms. The van der Waals surface area contributed by atoms with Gasteiger partial charge in [-0.1, -0.05) is 5.16 Å². The number of hydrogen-bond acceptors (Lipinski definition) is 5. The number of aromatic nitrogens is 1. The van der Waals surface area contributed by atoms with Gasteiger partial charge >= 0.3 is 0 Å². The van der Waals surface area contributed by atoms with Crippen LogP contribution in [0.4, 0.5) is 0 Å². The molecule has 0 radical (unpaired) electrons. The van der Waals surface area contributed by atoms with Gasteiger partial charge in [0.25, 0.3) is 0 Å². The molecule has 1 aromatic heterocycles. The van der Waals surface area contributed by atoms with E-state index in [-0.39, 0.29) is 17.2 Å². The topological polar surface area (TPSA) is 86.7 Å². The maximum absolute atomic E-state index is 9.48. The van der Waals surface area contributed by atoms with Crippen molar-refractivity contribution in [2.75, 3.05) is 0 Å². The Bertz CT molecular complexity index is 747. The zero-order chi connectivity index (χ0) is 14.1. The van der Waals surface area contributed by atoms with E-state index in [9.17, 15) is 15.3 Å². The van der Waals surface area contributed by atoms with Crippen molar-refractivity contribution in [3.8, 4) is 39.8 Å². The monoisotopic (exact) mass is 269 g/mol. The summed E-state index contributed by atoms with van der Waals surface area (Å²) >= 11 is 0. The van der Waals surface area contributed by atoms with E-state index in [1.165, 1.54) is 12.1 Å². The SMILES string of the molecule is Oc1ccc(-c2cc(-c3ccc(O)c(O)c3)on2)cc1. The molecule has 0 bridgehead atoms. The van der Waals surface area contributed by atoms with Crippen LogP contribution in [-0.4, -0.2) is 20.5 Å². The molecule has 0 fully saturated rings. The summed E-state index contributed by atoms with van der Waals surface area (Å²) in [5.41, 5.74) is 2.03. The molecule has 5 nitrogen and oxygen atoms in total. The van der Waals surface area contributed by atoms with E-state index >= 15 is 0 Å². The Morgan fingerprint density at radius 2 is 1.45 bits per heavy atom. The Hall–Kier alpha value is -2.95. The summed E-state index contributed by atoms with van der Waals surface area (Å²) < 4.78 is 5.22. The first-order chi connectivity index (χ1) is 9.63. The van der Waals surface area contributed by atoms with Crippen LogP contribution >= 0.6 is 0 Å². The molecule has 0 unspecified atom stereocenters. The van der Waals surface area contributed by atoms with E-state index in [0.29, 0.717) is 17.0 Å². The molecular weight excluding hydrogens is 258 g/mol. The summed E-state index contributed by atoms with van der Waals surface area (Å²) in [4.78, 5) is 0. The maximum atomic E-state index is 9.48. The molecule has 0 aliphatic rings. The van der Waals surface area contributed by atoms with Crippen molar-refractivity contribution in [3.05, 3.63) is 48.5 Å². The molecular formula is C15H11NO4. The Labute approximate surface area is 114 Å². The molecule has 0 atom stereocenters. The predicted molar refractivity (Wildman–Crippen MR) is 72.4 cm³/mol. The van der Waals surface area contributed by atoms with Crippen molar-refractivity contribution >= 4 is 0 Å². The van der Waals surface area contributed by atoms with Crippen LogP contribution in [0.2, 0.25) is 0 Å². The van der Waals surface area contributed by atoms with Gasteiger partial charge in [-0.2, -0.15) is 0 Å². The maximum Gasteiger partial charge on any atom is 0.167 e. The summed E-state index contributed by atoms with van der Waals surface area (Å²) in [6, 6.07) is 12.7. The van der Waals surface area contributed by atoms with Crippen molar-refractivity contribution in [3.63, 3.8) is 0 Å². The molecule has 3 rings (SSSR count). The van der Waals surface area contributed by atoms with Crippen molar-refractivity contribution in [1.82, 2.24) is 5.16 Å². The summed E-state index contributed by atoms with van der Waals surface area (Å²) in [7, 11) is 0. The van der Waals surface area contributed by atoms with Gasteiger partial charge in [0.15, 0.2) is 17.3 Å². The quantitative estimate of drug-likeness (QED) is 0.622. The highest BCUT2D eigenvalue weighted by atomic mass is 16.5. The standard InChI is InChI=1S/C15H11NO4/c17-11-4-1-9(2-5-11)12-8-15(20-16-12)10-3-6-13(18)14(19)7-10/h1-8,17-19H. The molecule has 20 heavy (non-hydrogen) atoms. The van der Waals surface area contributed by atoms with Gasteiger partial charge in [0.05, 0.1) is 0 Å². The Kier molecular flexibility index (Phi) is 2.80. The van der Waals surface area contributed by atoms with Gasteiger partial charge in [0.2, 0.25) is 0 Å². The largest absolute Gasteiger partial charge is 0.508 e. The van der Waals surface area contributed by atoms with Crippen molar-refractivity contribution in [2.45, 2.75) is 0 Å². The lowest BCUT2D eigenvalue weighted by Crippen LogP contribution is -1.75. The van der Waals surface area contributed by atoms with Gasteiger partial charge in [-0.15, -0.1) is 0 Å². The summed E-state index contributed by atoms with van der Waals surface area (Å²) in [5, 5.41) is 31.9. The van der Waals surface area contributed by atoms with Crippen LogP contribution in [0.5, 0.6) is 17.2 Å². The van der Waals surface area contributed by atoms with Crippen LogP contribution < -0.4 is 0 Å². The van der Waals surface area contributed by atoms with Gasteiger partial charge in [-0.3, -0.25) is 0 Å². The zero-order valence-corrected chi connectivity index (χ0v) is 10.3. The minimum absolute atomic E-state index is 0.181. The molecule has 0 aliphatic carbocycles. The van der Waals surface area contributed by atoms with Crippen LogP contribution in [-0.2, 0) is 0 Å². The van der Waals surface area contributed by atoms with Crippen LogP contribution in [0.3, 0.4) is 0 Å². The number of rotatable bonds is 2. The van der Waals surface area contributed by atoms with E-state index in [0.717, 1.165) is 5.56 Å². The molecule has 100 valence electrons. The second kappa shape index (κ2) is 4.62. The minimum atomic E-state index is -0.218. The van der Waals surface area contributed by atoms with E-state index in [1.807, 2.05) is 0 Å². The summed E-state index contributed by atoms with van der Waals surface area (Å²) in [6.07, 6.45) is 0. The molecule has 0 saturated carbocycles. The number of benzene rings is 2. The average Bonchev–Trinajstić information content (AvgIpc) is 2.92. The van der Waals surface area contributed by atoms with Crippen molar-refractivity contribution in [2.24, 2.45) is 0 Å². The smallest absolute Gasteiger partial charge is 0.167 e. The molecule has 0 saturated heterocycles. The van der Waals surface area contributed by atoms with E-state index in [2.05, 4.69) is 5.16 Å². The minimum Gasteiger partial charge on any atom is -0.508 e. The third-order valence-electron chi connectivity index (χ3n) is 2.93. The third-order valence-corrected chi connectivity index (χ3v) is 2.93. The van der Waals surface area contributed by atoms with Gasteiger partial charge in [0, 0.05) is 17.2 Å². The highest BCUT2D eigenvalue weighted by Crippen LogP contribution is 2.32. The van der Waals surface area contributed by atoms with Crippen LogP contribution in [0.1, 0.15) is 0 Å². The lowest BCUT2D eigenvalue weighted by atomic mass is 10.1. The molecule has 3 aromatic rings. The van der Waals surface area contributed by atoms with Crippen LogP contribution in [0.25, 0.3) is 22.6 Å². The number of phenolic OH excluding ortho intramolecular Hbond substituents is 3. The number of hydrogen-bond donors (Lipinski definition) is 3. The summed E-state index contributed by atoms with van der Waals surface area (Å²) in [6.45, 7) is 0. The van der Waals surface area contributed by atoms with Crippen molar-refractivity contribution < 1.29 is 19.8 Å². The first kappa shape index (κ1) is 12.1. The number of phenols is 3. The second-order valence-electron chi connectivity index (χ2n) is 4.33. The Morgan fingerprint density at radius 1 is 0.750 bits per heavy atom. The normalized spacial score (nSPS) is 10.6. The fourth-order valence-corrected chi connectivity index (χ4v) is 1.86. The predicted octanol–water partition coefficient (Wildman–Crippen LogP) is 3.13. The van der Waals surface area contributed by atoms with Gasteiger partial charge in [-0.05, 0) is 42.5 Å². The fraction of sp³-hybridized carbons (Fsp3) is 0. The second-order valence-corrected chi connectivity index (χ2v) is 4.33. The Balaban J connectivity index is 1.97. The molecule has 3 N–H and O–H groups in total. The van der Waals surface area contributed by atoms with Crippen LogP contribution in [0, 0.1) is 0 Å². The fourth-order valence-electron chi connectivity index (χ4n) is 1.86. The van der Waals surface area contributed by atoms with Gasteiger partial charge < -0.3 is 19.8 Å². The van der Waals surface area contributed by atoms with Crippen LogP contribution in [0.15, 0.2) is 53.1 Å². The lowest BCUT2D eigenvalue weighted by molar-refractivity contribution is 0.403. The zero-order valence-electron chi connectivity index (χ0n) is 10.3. The average molecular weight is 269 g/mol. The highest BCUT2D eigenvalue weighted by Gasteiger charge is 2.10. The van der Waals surface area contributed by atoms with E-state index in [1.54, 1.807) is 36.4 Å². The molecule has 0 aliphatic heterocycles. The highest BCUT2D eigenvalue weighted by molar-refractivity contribution is 5.68. The van der Waals surface area contributed by atoms with Gasteiger partial charge in [-0.25, -0.2) is 0 Å². The molecule has 0 amide bonds.